The Hall–Kier alpha value is -5.62. The summed E-state index contributed by atoms with van der Waals surface area (Å²) in [6.45, 7) is 3.60. The van der Waals surface area contributed by atoms with Crippen LogP contribution in [0.25, 0.3) is 21.8 Å². The van der Waals surface area contributed by atoms with Gasteiger partial charge in [0.05, 0.1) is 47.1 Å². The number of amides is 2. The summed E-state index contributed by atoms with van der Waals surface area (Å²) < 4.78 is 55.0. The zero-order chi connectivity index (χ0) is 43.0. The third kappa shape index (κ3) is 7.43. The number of hydrogen-bond donors (Lipinski definition) is 3. The van der Waals surface area contributed by atoms with Crippen molar-refractivity contribution in [2.45, 2.75) is 56.2 Å². The first-order valence-corrected chi connectivity index (χ1v) is 21.6. The number of aromatic nitrogens is 5. The van der Waals surface area contributed by atoms with E-state index in [1.165, 1.54) is 10.8 Å². The standard InChI is InChI=1S/C43H47ClF3N11O4/c1-54-32-9-5-25(17-29(32)36-37(41(54)61)62-22-43(46,47)38(51-36)23-3-4-23)49-39-30(44)19-48-42(52-39)58-12-11-24(31(45)21-58)20-56-13-15-57(16-14-56)26-6-7-27-33(18-26)55(2)53-35(27)28-8-10-34(59)50-40(28)60/h5-7,9,17-19,23-24,28,31,38,51H,3-4,8,10-16,20-22H2,1-2H3,(H,48,49,52)(H,50,59,60)/t24-,28?,31+,38+/m1/s1. The highest BCUT2D eigenvalue weighted by Crippen LogP contribution is 2.46. The number of hydrogen-bond acceptors (Lipinski definition) is 12. The monoisotopic (exact) mass is 873 g/mol. The lowest BCUT2D eigenvalue weighted by molar-refractivity contribution is -0.134. The van der Waals surface area contributed by atoms with E-state index in [1.54, 1.807) is 29.9 Å². The lowest BCUT2D eigenvalue weighted by atomic mass is 9.93. The van der Waals surface area contributed by atoms with Gasteiger partial charge in [0.2, 0.25) is 23.5 Å². The Balaban J connectivity index is 0.777. The molecule has 0 bridgehead atoms. The van der Waals surface area contributed by atoms with E-state index >= 15 is 13.2 Å². The first kappa shape index (κ1) is 40.5. The number of imide groups is 1. The van der Waals surface area contributed by atoms with Crippen molar-refractivity contribution < 1.29 is 27.5 Å². The minimum atomic E-state index is -3.16. The van der Waals surface area contributed by atoms with Gasteiger partial charge in [-0.1, -0.05) is 11.6 Å². The average molecular weight is 874 g/mol. The summed E-state index contributed by atoms with van der Waals surface area (Å²) in [5.41, 5.74) is 3.49. The number of benzene rings is 2. The number of carbonyl (C=O) groups excluding carboxylic acids is 2. The second kappa shape index (κ2) is 15.6. The molecule has 2 amide bonds. The highest BCUT2D eigenvalue weighted by Gasteiger charge is 2.51. The van der Waals surface area contributed by atoms with Crippen molar-refractivity contribution in [3.05, 3.63) is 63.7 Å². The number of ether oxygens (including phenoxy) is 1. The molecular formula is C43H47ClF3N11O4. The second-order valence-corrected chi connectivity index (χ2v) is 17.7. The number of rotatable bonds is 8. The van der Waals surface area contributed by atoms with E-state index in [1.807, 2.05) is 18.0 Å². The third-order valence-corrected chi connectivity index (χ3v) is 13.5. The van der Waals surface area contributed by atoms with E-state index in [0.717, 1.165) is 42.8 Å². The minimum Gasteiger partial charge on any atom is -0.480 e. The van der Waals surface area contributed by atoms with Crippen molar-refractivity contribution in [2.24, 2.45) is 25.9 Å². The predicted molar refractivity (Wildman–Crippen MR) is 230 cm³/mol. The predicted octanol–water partition coefficient (Wildman–Crippen LogP) is 5.34. The van der Waals surface area contributed by atoms with Crippen LogP contribution in [0.2, 0.25) is 5.02 Å². The van der Waals surface area contributed by atoms with Crippen molar-refractivity contribution in [1.29, 1.82) is 0 Å². The molecule has 3 saturated heterocycles. The lowest BCUT2D eigenvalue weighted by Crippen LogP contribution is -2.51. The van der Waals surface area contributed by atoms with Crippen molar-refractivity contribution in [2.75, 3.05) is 72.9 Å². The maximum absolute atomic E-state index is 16.0. The van der Waals surface area contributed by atoms with Crippen LogP contribution in [0.3, 0.4) is 0 Å². The number of carbonyl (C=O) groups is 2. The van der Waals surface area contributed by atoms with E-state index in [2.05, 4.69) is 48.0 Å². The molecule has 2 aromatic carbocycles. The summed E-state index contributed by atoms with van der Waals surface area (Å²) in [6, 6.07) is 10.2. The molecule has 10 rings (SSSR count). The molecule has 1 unspecified atom stereocenters. The first-order valence-electron chi connectivity index (χ1n) is 21.2. The van der Waals surface area contributed by atoms with Gasteiger partial charge in [-0.3, -0.25) is 29.3 Å². The van der Waals surface area contributed by atoms with Crippen LogP contribution in [-0.4, -0.2) is 112 Å². The van der Waals surface area contributed by atoms with E-state index in [4.69, 9.17) is 21.3 Å². The fourth-order valence-electron chi connectivity index (χ4n) is 9.56. The number of pyridine rings is 1. The fraction of sp³-hybridized carbons (Fsp3) is 0.488. The zero-order valence-electron chi connectivity index (χ0n) is 34.3. The number of aryl methyl sites for hydroxylation is 2. The second-order valence-electron chi connectivity index (χ2n) is 17.3. The molecule has 4 aliphatic heterocycles. The zero-order valence-corrected chi connectivity index (χ0v) is 35.1. The maximum atomic E-state index is 16.0. The average Bonchev–Trinajstić information content (AvgIpc) is 4.06. The Kier molecular flexibility index (Phi) is 10.2. The molecule has 326 valence electrons. The van der Waals surface area contributed by atoms with Crippen LogP contribution in [0.1, 0.15) is 43.7 Å². The summed E-state index contributed by atoms with van der Waals surface area (Å²) in [5, 5.41) is 15.0. The molecule has 3 N–H and O–H groups in total. The Morgan fingerprint density at radius 1 is 0.952 bits per heavy atom. The van der Waals surface area contributed by atoms with Gasteiger partial charge >= 0.3 is 5.92 Å². The SMILES string of the molecule is Cn1nc(C2CCC(=O)NC2=O)c2ccc(N3CCN(C[C@H]4CCN(c5ncc(Cl)c(Nc6ccc7c(c6)c6c(c(=O)n7C)OCC(F)(F)[C@H](C7CC7)N6)n5)C[C@@H]4F)CC3)cc21. The Morgan fingerprint density at radius 3 is 2.52 bits per heavy atom. The summed E-state index contributed by atoms with van der Waals surface area (Å²) >= 11 is 6.58. The molecule has 62 heavy (non-hydrogen) atoms. The molecule has 0 radical (unpaired) electrons. The van der Waals surface area contributed by atoms with Crippen molar-refractivity contribution in [1.82, 2.24) is 34.5 Å². The Bertz CT molecular complexity index is 2670. The van der Waals surface area contributed by atoms with Crippen molar-refractivity contribution in [3.8, 4) is 5.75 Å². The van der Waals surface area contributed by atoms with Crippen LogP contribution in [0.15, 0.2) is 47.4 Å². The van der Waals surface area contributed by atoms with E-state index < -0.39 is 36.2 Å². The smallest absolute Gasteiger partial charge is 0.301 e. The number of piperidine rings is 2. The van der Waals surface area contributed by atoms with Crippen LogP contribution in [0.5, 0.6) is 5.75 Å². The molecule has 1 saturated carbocycles. The van der Waals surface area contributed by atoms with Crippen LogP contribution in [0, 0.1) is 11.8 Å². The van der Waals surface area contributed by atoms with Crippen LogP contribution >= 0.6 is 11.6 Å². The van der Waals surface area contributed by atoms with Crippen molar-refractivity contribution >= 4 is 74.0 Å². The summed E-state index contributed by atoms with van der Waals surface area (Å²) in [4.78, 5) is 53.1. The molecule has 4 fully saturated rings. The third-order valence-electron chi connectivity index (χ3n) is 13.2. The number of nitrogens with one attached hydrogen (secondary N) is 3. The molecule has 3 aromatic heterocycles. The number of halogens is 4. The Labute approximate surface area is 359 Å². The van der Waals surface area contributed by atoms with Gasteiger partial charge in [-0.2, -0.15) is 10.1 Å². The van der Waals surface area contributed by atoms with Gasteiger partial charge in [0.15, 0.2) is 12.4 Å². The molecule has 15 nitrogen and oxygen atoms in total. The maximum Gasteiger partial charge on any atom is 0.301 e. The molecule has 5 aromatic rings. The van der Waals surface area contributed by atoms with E-state index in [0.29, 0.717) is 79.2 Å². The number of alkyl halides is 3. The highest BCUT2D eigenvalue weighted by atomic mass is 35.5. The number of anilines is 5. The van der Waals surface area contributed by atoms with Crippen LogP contribution in [0.4, 0.5) is 42.0 Å². The number of nitrogens with zero attached hydrogens (tertiary/aromatic N) is 8. The minimum absolute atomic E-state index is 0.131. The summed E-state index contributed by atoms with van der Waals surface area (Å²) in [5.74, 6) is -4.04. The van der Waals surface area contributed by atoms with E-state index in [9.17, 15) is 14.4 Å². The summed E-state index contributed by atoms with van der Waals surface area (Å²) in [7, 11) is 3.44. The molecule has 5 aliphatic rings. The highest BCUT2D eigenvalue weighted by molar-refractivity contribution is 6.33. The quantitative estimate of drug-likeness (QED) is 0.173. The number of piperazine rings is 1. The van der Waals surface area contributed by atoms with Gasteiger partial charge in [-0.15, -0.1) is 0 Å². The van der Waals surface area contributed by atoms with Crippen LogP contribution in [-0.2, 0) is 23.7 Å². The van der Waals surface area contributed by atoms with Gasteiger partial charge in [-0.05, 0) is 68.0 Å². The summed E-state index contributed by atoms with van der Waals surface area (Å²) in [6.07, 6.45) is 3.09. The van der Waals surface area contributed by atoms with Gasteiger partial charge in [0, 0.05) is 87.8 Å². The molecule has 1 aliphatic carbocycles. The van der Waals surface area contributed by atoms with E-state index in [-0.39, 0.29) is 46.7 Å². The molecule has 19 heteroatoms. The van der Waals surface area contributed by atoms with Gasteiger partial charge in [0.1, 0.15) is 11.2 Å². The fourth-order valence-corrected chi connectivity index (χ4v) is 9.70. The molecule has 4 atom stereocenters. The van der Waals surface area contributed by atoms with Crippen LogP contribution < -0.4 is 36.0 Å². The molecular weight excluding hydrogens is 827 g/mol. The normalized spacial score (nSPS) is 24.4. The van der Waals surface area contributed by atoms with Gasteiger partial charge < -0.3 is 29.7 Å². The number of fused-ring (bicyclic) bond motifs is 4. The Morgan fingerprint density at radius 2 is 1.76 bits per heavy atom. The van der Waals surface area contributed by atoms with Gasteiger partial charge in [0.25, 0.3) is 5.56 Å². The lowest BCUT2D eigenvalue weighted by Gasteiger charge is -2.40. The van der Waals surface area contributed by atoms with Gasteiger partial charge in [-0.25, -0.2) is 18.2 Å². The first-order chi connectivity index (χ1) is 29.8. The largest absolute Gasteiger partial charge is 0.480 e. The van der Waals surface area contributed by atoms with Crippen molar-refractivity contribution in [3.63, 3.8) is 0 Å². The molecule has 7 heterocycles. The molecule has 0 spiro atoms. The topological polar surface area (TPSA) is 155 Å².